The molecule has 0 unspecified atom stereocenters. The van der Waals surface area contributed by atoms with Gasteiger partial charge < -0.3 is 20.1 Å². The summed E-state index contributed by atoms with van der Waals surface area (Å²) in [6, 6.07) is 17.6. The molecule has 4 rings (SSSR count). The SMILES string of the molecule is COc1ccc(CNC(=O)c2cc(C#Cc3ccc(N4CCN(S(=O)(=O)N[C@@H](C(=O)O)C(C)C)CC4)cc3)ccc2F)cc1. The van der Waals surface area contributed by atoms with Gasteiger partial charge in [0.1, 0.15) is 17.6 Å². The maximum absolute atomic E-state index is 14.4. The Morgan fingerprint density at radius 3 is 2.16 bits per heavy atom. The van der Waals surface area contributed by atoms with Crippen LogP contribution in [0.25, 0.3) is 0 Å². The summed E-state index contributed by atoms with van der Waals surface area (Å²) in [6.45, 7) is 4.82. The molecule has 0 aliphatic carbocycles. The van der Waals surface area contributed by atoms with Crippen LogP contribution in [0.2, 0.25) is 0 Å². The zero-order chi connectivity index (χ0) is 31.9. The molecular formula is C32H35FN4O6S. The molecule has 3 N–H and O–H groups in total. The van der Waals surface area contributed by atoms with E-state index in [1.54, 1.807) is 33.1 Å². The number of nitrogens with zero attached hydrogens (tertiary/aromatic N) is 2. The van der Waals surface area contributed by atoms with Crippen molar-refractivity contribution >= 4 is 27.8 Å². The summed E-state index contributed by atoms with van der Waals surface area (Å²) >= 11 is 0. The van der Waals surface area contributed by atoms with Gasteiger partial charge in [-0.2, -0.15) is 17.4 Å². The molecule has 1 amide bonds. The minimum Gasteiger partial charge on any atom is -0.497 e. The number of carbonyl (C=O) groups excluding carboxylic acids is 1. The van der Waals surface area contributed by atoms with Gasteiger partial charge in [0.15, 0.2) is 0 Å². The number of aliphatic carboxylic acids is 1. The number of amides is 1. The van der Waals surface area contributed by atoms with Crippen LogP contribution in [-0.2, 0) is 21.5 Å². The molecule has 44 heavy (non-hydrogen) atoms. The van der Waals surface area contributed by atoms with Crippen LogP contribution >= 0.6 is 0 Å². The molecule has 10 nitrogen and oxygen atoms in total. The summed E-state index contributed by atoms with van der Waals surface area (Å²) in [5.41, 5.74) is 2.84. The van der Waals surface area contributed by atoms with Gasteiger partial charge in [0.2, 0.25) is 0 Å². The lowest BCUT2D eigenvalue weighted by atomic mass is 10.1. The summed E-state index contributed by atoms with van der Waals surface area (Å²) in [7, 11) is -2.37. The normalized spacial score (nSPS) is 14.4. The Kier molecular flexibility index (Phi) is 10.6. The molecule has 1 atom stereocenters. The van der Waals surface area contributed by atoms with Crippen molar-refractivity contribution < 1.29 is 32.2 Å². The molecule has 1 saturated heterocycles. The summed E-state index contributed by atoms with van der Waals surface area (Å²) in [5.74, 6) is 3.91. The second-order valence-electron chi connectivity index (χ2n) is 10.6. The van der Waals surface area contributed by atoms with Crippen molar-refractivity contribution in [1.29, 1.82) is 0 Å². The molecule has 1 fully saturated rings. The van der Waals surface area contributed by atoms with Crippen LogP contribution in [0.5, 0.6) is 5.75 Å². The van der Waals surface area contributed by atoms with Crippen molar-refractivity contribution in [2.45, 2.75) is 26.4 Å². The van der Waals surface area contributed by atoms with Crippen LogP contribution in [0.4, 0.5) is 10.1 Å². The molecule has 0 radical (unpaired) electrons. The number of methoxy groups -OCH3 is 1. The van der Waals surface area contributed by atoms with Crippen molar-refractivity contribution in [2.75, 3.05) is 38.2 Å². The van der Waals surface area contributed by atoms with E-state index in [1.807, 2.05) is 41.3 Å². The predicted octanol–water partition coefficient (Wildman–Crippen LogP) is 3.23. The largest absolute Gasteiger partial charge is 0.497 e. The van der Waals surface area contributed by atoms with E-state index in [0.29, 0.717) is 30.0 Å². The van der Waals surface area contributed by atoms with Crippen molar-refractivity contribution in [1.82, 2.24) is 14.3 Å². The molecule has 1 heterocycles. The van der Waals surface area contributed by atoms with Gasteiger partial charge in [0.25, 0.3) is 16.1 Å². The molecule has 0 bridgehead atoms. The van der Waals surface area contributed by atoms with Crippen LogP contribution in [0.15, 0.2) is 66.7 Å². The number of ether oxygens (including phenoxy) is 1. The van der Waals surface area contributed by atoms with Crippen molar-refractivity contribution in [3.8, 4) is 17.6 Å². The predicted molar refractivity (Wildman–Crippen MR) is 165 cm³/mol. The lowest BCUT2D eigenvalue weighted by Crippen LogP contribution is -2.55. The van der Waals surface area contributed by atoms with Gasteiger partial charge in [-0.15, -0.1) is 0 Å². The van der Waals surface area contributed by atoms with Gasteiger partial charge in [-0.3, -0.25) is 9.59 Å². The van der Waals surface area contributed by atoms with Crippen LogP contribution in [0.3, 0.4) is 0 Å². The highest BCUT2D eigenvalue weighted by molar-refractivity contribution is 7.87. The number of hydrogen-bond donors (Lipinski definition) is 3. The van der Waals surface area contributed by atoms with E-state index < -0.39 is 39.9 Å². The number of anilines is 1. The first-order valence-electron chi connectivity index (χ1n) is 14.0. The van der Waals surface area contributed by atoms with Gasteiger partial charge >= 0.3 is 5.97 Å². The van der Waals surface area contributed by atoms with Crippen molar-refractivity contribution in [3.05, 3.63) is 94.8 Å². The van der Waals surface area contributed by atoms with Gasteiger partial charge in [-0.25, -0.2) is 4.39 Å². The Morgan fingerprint density at radius 2 is 1.57 bits per heavy atom. The fourth-order valence-corrected chi connectivity index (χ4v) is 6.08. The molecule has 0 spiro atoms. The molecule has 232 valence electrons. The van der Waals surface area contributed by atoms with E-state index in [1.165, 1.54) is 22.5 Å². The fraction of sp³-hybridized carbons (Fsp3) is 0.312. The number of benzene rings is 3. The number of piperazine rings is 1. The van der Waals surface area contributed by atoms with Crippen LogP contribution in [0, 0.1) is 23.6 Å². The maximum Gasteiger partial charge on any atom is 0.322 e. The Morgan fingerprint density at radius 1 is 0.955 bits per heavy atom. The molecule has 1 aliphatic rings. The van der Waals surface area contributed by atoms with Gasteiger partial charge in [-0.05, 0) is 66.1 Å². The van der Waals surface area contributed by atoms with Gasteiger partial charge in [0.05, 0.1) is 12.7 Å². The standard InChI is InChI=1S/C32H35FN4O6S/c1-22(2)30(32(39)40)35-44(41,42)37-18-16-36(17-19-37)26-11-6-23(7-12-26)4-5-24-10-15-29(33)28(20-24)31(38)34-21-25-8-13-27(43-3)14-9-25/h6-15,20,22,30,35H,16-19,21H2,1-3H3,(H,34,38)(H,39,40)/t30-/m1/s1. The van der Waals surface area contributed by atoms with E-state index in [9.17, 15) is 27.5 Å². The Balaban J connectivity index is 1.34. The maximum atomic E-state index is 14.4. The lowest BCUT2D eigenvalue weighted by Gasteiger charge is -2.36. The minimum absolute atomic E-state index is 0.0975. The molecule has 3 aromatic rings. The van der Waals surface area contributed by atoms with Crippen LogP contribution < -0.4 is 19.7 Å². The Hall–Kier alpha value is -4.44. The average Bonchev–Trinajstić information content (AvgIpc) is 3.02. The van der Waals surface area contributed by atoms with E-state index in [4.69, 9.17) is 4.74 Å². The molecule has 0 aromatic heterocycles. The van der Waals surface area contributed by atoms with E-state index in [-0.39, 0.29) is 25.2 Å². The number of carbonyl (C=O) groups is 2. The first kappa shape index (κ1) is 32.5. The van der Waals surface area contributed by atoms with Crippen molar-refractivity contribution in [2.24, 2.45) is 5.92 Å². The smallest absolute Gasteiger partial charge is 0.322 e. The van der Waals surface area contributed by atoms with E-state index in [0.717, 1.165) is 11.3 Å². The average molecular weight is 623 g/mol. The molecule has 3 aromatic carbocycles. The van der Waals surface area contributed by atoms with Crippen molar-refractivity contribution in [3.63, 3.8) is 0 Å². The van der Waals surface area contributed by atoms with E-state index >= 15 is 0 Å². The van der Waals surface area contributed by atoms with Gasteiger partial charge in [0, 0.05) is 49.5 Å². The third-order valence-electron chi connectivity index (χ3n) is 7.19. The first-order valence-corrected chi connectivity index (χ1v) is 15.5. The molecule has 1 aliphatic heterocycles. The second kappa shape index (κ2) is 14.4. The second-order valence-corrected chi connectivity index (χ2v) is 12.3. The number of carboxylic acids is 1. The summed E-state index contributed by atoms with van der Waals surface area (Å²) in [5, 5.41) is 12.1. The third-order valence-corrected chi connectivity index (χ3v) is 8.79. The number of halogens is 1. The third kappa shape index (κ3) is 8.35. The molecule has 0 saturated carbocycles. The number of hydrogen-bond acceptors (Lipinski definition) is 6. The highest BCUT2D eigenvalue weighted by Crippen LogP contribution is 2.19. The number of rotatable bonds is 10. The molecule has 12 heteroatoms. The lowest BCUT2D eigenvalue weighted by molar-refractivity contribution is -0.140. The minimum atomic E-state index is -3.94. The van der Waals surface area contributed by atoms with Crippen LogP contribution in [-0.4, -0.2) is 69.0 Å². The van der Waals surface area contributed by atoms with Crippen LogP contribution in [0.1, 0.15) is 40.9 Å². The fourth-order valence-electron chi connectivity index (χ4n) is 4.59. The van der Waals surface area contributed by atoms with Gasteiger partial charge in [-0.1, -0.05) is 37.8 Å². The zero-order valence-corrected chi connectivity index (χ0v) is 25.5. The first-order chi connectivity index (χ1) is 21.0. The zero-order valence-electron chi connectivity index (χ0n) is 24.7. The highest BCUT2D eigenvalue weighted by Gasteiger charge is 2.33. The molecular weight excluding hydrogens is 587 g/mol. The number of carboxylic acid groups (broad SMARTS) is 1. The van der Waals surface area contributed by atoms with E-state index in [2.05, 4.69) is 21.9 Å². The Labute approximate surface area is 257 Å². The summed E-state index contributed by atoms with van der Waals surface area (Å²) in [4.78, 5) is 26.1. The highest BCUT2D eigenvalue weighted by atomic mass is 32.2. The summed E-state index contributed by atoms with van der Waals surface area (Å²) < 4.78 is 48.6. The monoisotopic (exact) mass is 622 g/mol. The quantitative estimate of drug-likeness (QED) is 0.296. The Bertz CT molecular complexity index is 1640. The topological polar surface area (TPSA) is 128 Å². The number of nitrogens with one attached hydrogen (secondary N) is 2. The summed E-state index contributed by atoms with van der Waals surface area (Å²) in [6.07, 6.45) is 0.